The van der Waals surface area contributed by atoms with Gasteiger partial charge >= 0.3 is 0 Å². The summed E-state index contributed by atoms with van der Waals surface area (Å²) in [6.07, 6.45) is 1.19. The van der Waals surface area contributed by atoms with Crippen LogP contribution in [0.3, 0.4) is 0 Å². The third-order valence-electron chi connectivity index (χ3n) is 5.70. The molecule has 2 aromatic rings. The average Bonchev–Trinajstić information content (AvgIpc) is 2.83. The van der Waals surface area contributed by atoms with Crippen LogP contribution in [0.2, 0.25) is 0 Å². The van der Waals surface area contributed by atoms with Crippen molar-refractivity contribution in [1.82, 2.24) is 9.62 Å². The van der Waals surface area contributed by atoms with E-state index in [4.69, 9.17) is 9.47 Å². The van der Waals surface area contributed by atoms with Crippen molar-refractivity contribution in [2.24, 2.45) is 5.92 Å². The zero-order valence-corrected chi connectivity index (χ0v) is 19.2. The summed E-state index contributed by atoms with van der Waals surface area (Å²) in [7, 11) is -3.83. The van der Waals surface area contributed by atoms with E-state index in [9.17, 15) is 18.0 Å². The van der Waals surface area contributed by atoms with Gasteiger partial charge in [0.25, 0.3) is 5.91 Å². The number of carbonyl (C=O) groups is 2. The van der Waals surface area contributed by atoms with Gasteiger partial charge in [-0.1, -0.05) is 18.2 Å². The number of rotatable bonds is 7. The van der Waals surface area contributed by atoms with E-state index in [1.807, 2.05) is 31.2 Å². The van der Waals surface area contributed by atoms with Crippen molar-refractivity contribution in [2.75, 3.05) is 31.6 Å². The molecule has 1 fully saturated rings. The van der Waals surface area contributed by atoms with Crippen LogP contribution in [0.4, 0.5) is 5.69 Å². The number of anilines is 1. The minimum absolute atomic E-state index is 0.0544. The van der Waals surface area contributed by atoms with Crippen LogP contribution < -0.4 is 20.1 Å². The van der Waals surface area contributed by atoms with Crippen LogP contribution in [0.1, 0.15) is 25.3 Å². The molecule has 9 nitrogen and oxygen atoms in total. The number of benzene rings is 2. The summed E-state index contributed by atoms with van der Waals surface area (Å²) in [5.74, 6) is 0.173. The Hall–Kier alpha value is -3.11. The van der Waals surface area contributed by atoms with Crippen molar-refractivity contribution >= 4 is 27.5 Å². The summed E-state index contributed by atoms with van der Waals surface area (Å²) in [6, 6.07) is 11.9. The molecule has 0 unspecified atom stereocenters. The number of hydrogen-bond acceptors (Lipinski definition) is 6. The van der Waals surface area contributed by atoms with E-state index in [1.165, 1.54) is 22.5 Å². The lowest BCUT2D eigenvalue weighted by molar-refractivity contribution is -0.126. The van der Waals surface area contributed by atoms with E-state index < -0.39 is 15.9 Å². The molecule has 4 rings (SSSR count). The second-order valence-electron chi connectivity index (χ2n) is 7.96. The summed E-state index contributed by atoms with van der Waals surface area (Å²) in [6.45, 7) is 3.06. The van der Waals surface area contributed by atoms with Gasteiger partial charge in [0.2, 0.25) is 15.9 Å². The number of ether oxygens (including phenoxy) is 2. The molecule has 2 heterocycles. The van der Waals surface area contributed by atoms with Gasteiger partial charge in [-0.2, -0.15) is 4.31 Å². The summed E-state index contributed by atoms with van der Waals surface area (Å²) >= 11 is 0. The Labute approximate surface area is 193 Å². The van der Waals surface area contributed by atoms with Crippen molar-refractivity contribution in [1.29, 1.82) is 0 Å². The Morgan fingerprint density at radius 1 is 1.27 bits per heavy atom. The number of fused-ring (bicyclic) bond motifs is 1. The van der Waals surface area contributed by atoms with Crippen molar-refractivity contribution in [2.45, 2.75) is 31.2 Å². The van der Waals surface area contributed by atoms with Gasteiger partial charge in [0, 0.05) is 25.2 Å². The van der Waals surface area contributed by atoms with Crippen LogP contribution in [0.25, 0.3) is 0 Å². The lowest BCUT2D eigenvalue weighted by Gasteiger charge is -2.31. The van der Waals surface area contributed by atoms with Gasteiger partial charge < -0.3 is 20.1 Å². The first-order chi connectivity index (χ1) is 15.9. The van der Waals surface area contributed by atoms with Gasteiger partial charge in [-0.25, -0.2) is 8.42 Å². The molecule has 2 aliphatic heterocycles. The molecule has 2 aliphatic rings. The number of para-hydroxylation sites is 1. The molecular formula is C23H27N3O6S. The second kappa shape index (κ2) is 9.80. The largest absolute Gasteiger partial charge is 0.494 e. The van der Waals surface area contributed by atoms with Crippen molar-refractivity contribution < 1.29 is 27.5 Å². The SMILES string of the molecule is CCOc1ccccc1CNC(=O)[C@H]1CCCN(S(=O)(=O)c2ccc3c(c2)NC(=O)CO3)C1. The molecule has 0 aromatic heterocycles. The number of hydrogen-bond donors (Lipinski definition) is 2. The Morgan fingerprint density at radius 2 is 2.09 bits per heavy atom. The van der Waals surface area contributed by atoms with Gasteiger partial charge in [-0.05, 0) is 44.0 Å². The lowest BCUT2D eigenvalue weighted by atomic mass is 9.98. The minimum Gasteiger partial charge on any atom is -0.494 e. The predicted octanol–water partition coefficient (Wildman–Crippen LogP) is 2.13. The molecule has 10 heteroatoms. The Kier molecular flexibility index (Phi) is 6.85. The maximum atomic E-state index is 13.2. The van der Waals surface area contributed by atoms with Gasteiger partial charge in [0.1, 0.15) is 11.5 Å². The van der Waals surface area contributed by atoms with Crippen LogP contribution in [-0.4, -0.2) is 50.8 Å². The van der Waals surface area contributed by atoms with Gasteiger partial charge in [0.05, 0.1) is 23.1 Å². The maximum absolute atomic E-state index is 13.2. The van der Waals surface area contributed by atoms with E-state index in [1.54, 1.807) is 0 Å². The fourth-order valence-electron chi connectivity index (χ4n) is 4.02. The zero-order valence-electron chi connectivity index (χ0n) is 18.4. The first-order valence-corrected chi connectivity index (χ1v) is 12.4. The summed E-state index contributed by atoms with van der Waals surface area (Å²) in [5, 5.41) is 5.55. The van der Waals surface area contributed by atoms with E-state index in [0.29, 0.717) is 44.0 Å². The van der Waals surface area contributed by atoms with Crippen LogP contribution in [0.15, 0.2) is 47.4 Å². The van der Waals surface area contributed by atoms with E-state index in [0.717, 1.165) is 11.3 Å². The van der Waals surface area contributed by atoms with Gasteiger partial charge in [-0.3, -0.25) is 9.59 Å². The highest BCUT2D eigenvalue weighted by molar-refractivity contribution is 7.89. The maximum Gasteiger partial charge on any atom is 0.262 e. The molecule has 1 atom stereocenters. The van der Waals surface area contributed by atoms with E-state index in [-0.39, 0.29) is 29.9 Å². The predicted molar refractivity (Wildman–Crippen MR) is 122 cm³/mol. The molecule has 0 spiro atoms. The van der Waals surface area contributed by atoms with E-state index >= 15 is 0 Å². The van der Waals surface area contributed by atoms with Gasteiger partial charge in [-0.15, -0.1) is 0 Å². The standard InChI is InChI=1S/C23H27N3O6S/c1-2-31-20-8-4-3-6-16(20)13-24-23(28)17-7-5-11-26(14-17)33(29,30)18-9-10-21-19(12-18)25-22(27)15-32-21/h3-4,6,8-10,12,17H,2,5,7,11,13-15H2,1H3,(H,24,28)(H,25,27)/t17-/m0/s1. The number of amides is 2. The highest BCUT2D eigenvalue weighted by Crippen LogP contribution is 2.32. The molecule has 176 valence electrons. The Balaban J connectivity index is 1.43. The average molecular weight is 474 g/mol. The van der Waals surface area contributed by atoms with Crippen LogP contribution in [-0.2, 0) is 26.2 Å². The third-order valence-corrected chi connectivity index (χ3v) is 7.56. The minimum atomic E-state index is -3.83. The fourth-order valence-corrected chi connectivity index (χ4v) is 5.57. The Bertz CT molecular complexity index is 1150. The number of carbonyl (C=O) groups excluding carboxylic acids is 2. The zero-order chi connectivity index (χ0) is 23.4. The quantitative estimate of drug-likeness (QED) is 0.637. The van der Waals surface area contributed by atoms with Crippen molar-refractivity contribution in [3.63, 3.8) is 0 Å². The summed E-state index contributed by atoms with van der Waals surface area (Å²) in [5.41, 5.74) is 1.19. The first kappa shape index (κ1) is 23.1. The number of nitrogens with one attached hydrogen (secondary N) is 2. The molecule has 2 amide bonds. The molecular weight excluding hydrogens is 446 g/mol. The second-order valence-corrected chi connectivity index (χ2v) is 9.89. The number of nitrogens with zero attached hydrogens (tertiary/aromatic N) is 1. The molecule has 0 aliphatic carbocycles. The lowest BCUT2D eigenvalue weighted by Crippen LogP contribution is -2.45. The highest BCUT2D eigenvalue weighted by Gasteiger charge is 2.34. The molecule has 0 bridgehead atoms. The van der Waals surface area contributed by atoms with Crippen LogP contribution in [0.5, 0.6) is 11.5 Å². The van der Waals surface area contributed by atoms with Crippen LogP contribution >= 0.6 is 0 Å². The van der Waals surface area contributed by atoms with Crippen molar-refractivity contribution in [3.8, 4) is 11.5 Å². The molecule has 33 heavy (non-hydrogen) atoms. The topological polar surface area (TPSA) is 114 Å². The third kappa shape index (κ3) is 5.12. The number of piperidine rings is 1. The molecule has 0 saturated carbocycles. The molecule has 0 radical (unpaired) electrons. The first-order valence-electron chi connectivity index (χ1n) is 10.9. The van der Waals surface area contributed by atoms with E-state index in [2.05, 4.69) is 10.6 Å². The highest BCUT2D eigenvalue weighted by atomic mass is 32.2. The molecule has 1 saturated heterocycles. The molecule has 2 aromatic carbocycles. The fraction of sp³-hybridized carbons (Fsp3) is 0.391. The summed E-state index contributed by atoms with van der Waals surface area (Å²) in [4.78, 5) is 24.5. The summed E-state index contributed by atoms with van der Waals surface area (Å²) < 4.78 is 38.7. The molecule has 2 N–H and O–H groups in total. The smallest absolute Gasteiger partial charge is 0.262 e. The Morgan fingerprint density at radius 3 is 2.91 bits per heavy atom. The number of sulfonamides is 1. The monoisotopic (exact) mass is 473 g/mol. The van der Waals surface area contributed by atoms with Crippen molar-refractivity contribution in [3.05, 3.63) is 48.0 Å². The normalized spacial score (nSPS) is 18.6. The van der Waals surface area contributed by atoms with Gasteiger partial charge in [0.15, 0.2) is 6.61 Å². The van der Waals surface area contributed by atoms with Crippen LogP contribution in [0, 0.1) is 5.92 Å².